The lowest BCUT2D eigenvalue weighted by Crippen LogP contribution is -2.41. The molecule has 1 aliphatic rings. The third-order valence-electron chi connectivity index (χ3n) is 3.81. The van der Waals surface area contributed by atoms with E-state index in [9.17, 15) is 4.79 Å². The van der Waals surface area contributed by atoms with Gasteiger partial charge in [0.15, 0.2) is 0 Å². The summed E-state index contributed by atoms with van der Waals surface area (Å²) in [6.45, 7) is 6.35. The van der Waals surface area contributed by atoms with Crippen molar-refractivity contribution in [3.05, 3.63) is 29.3 Å². The van der Waals surface area contributed by atoms with Crippen LogP contribution in [-0.2, 0) is 4.74 Å². The minimum absolute atomic E-state index is 0.115. The van der Waals surface area contributed by atoms with E-state index in [4.69, 9.17) is 4.74 Å². The third kappa shape index (κ3) is 3.31. The van der Waals surface area contributed by atoms with Crippen LogP contribution in [0.4, 0.5) is 5.69 Å². The largest absolute Gasteiger partial charge is 0.387 e. The van der Waals surface area contributed by atoms with Crippen LogP contribution in [0.1, 0.15) is 35.7 Å². The molecule has 0 aliphatic carbocycles. The maximum absolute atomic E-state index is 12.6. The first-order chi connectivity index (χ1) is 9.65. The van der Waals surface area contributed by atoms with Gasteiger partial charge in [0.05, 0.1) is 11.7 Å². The molecule has 1 heterocycles. The summed E-state index contributed by atoms with van der Waals surface area (Å²) in [5, 5.41) is 3.11. The van der Waals surface area contributed by atoms with Gasteiger partial charge in [-0.1, -0.05) is 6.07 Å². The Morgan fingerprint density at radius 3 is 2.70 bits per heavy atom. The number of amides is 1. The Bertz CT molecular complexity index is 466. The molecule has 0 spiro atoms. The first-order valence-corrected chi connectivity index (χ1v) is 7.35. The smallest absolute Gasteiger partial charge is 0.255 e. The zero-order valence-corrected chi connectivity index (χ0v) is 12.6. The number of anilines is 1. The second-order valence-corrected chi connectivity index (χ2v) is 5.25. The van der Waals surface area contributed by atoms with Crippen molar-refractivity contribution in [2.75, 3.05) is 32.1 Å². The lowest BCUT2D eigenvalue weighted by Gasteiger charge is -2.32. The summed E-state index contributed by atoms with van der Waals surface area (Å²) in [5.41, 5.74) is 2.82. The van der Waals surface area contributed by atoms with Crippen molar-refractivity contribution in [1.29, 1.82) is 0 Å². The monoisotopic (exact) mass is 276 g/mol. The molecule has 0 aromatic heterocycles. The third-order valence-corrected chi connectivity index (χ3v) is 3.81. The number of likely N-dealkylation sites (tertiary alicyclic amines) is 1. The number of benzene rings is 1. The number of nitrogens with zero attached hydrogens (tertiary/aromatic N) is 1. The van der Waals surface area contributed by atoms with E-state index in [0.29, 0.717) is 6.10 Å². The van der Waals surface area contributed by atoms with Gasteiger partial charge in [0, 0.05) is 32.4 Å². The van der Waals surface area contributed by atoms with E-state index in [-0.39, 0.29) is 5.91 Å². The maximum Gasteiger partial charge on any atom is 0.255 e. The molecule has 1 aliphatic heterocycles. The highest BCUT2D eigenvalue weighted by atomic mass is 16.5. The van der Waals surface area contributed by atoms with Gasteiger partial charge in [-0.05, 0) is 44.4 Å². The van der Waals surface area contributed by atoms with Crippen LogP contribution in [0.25, 0.3) is 0 Å². The highest BCUT2D eigenvalue weighted by Gasteiger charge is 2.25. The van der Waals surface area contributed by atoms with Crippen molar-refractivity contribution in [3.8, 4) is 0 Å². The molecule has 4 nitrogen and oxygen atoms in total. The van der Waals surface area contributed by atoms with Crippen molar-refractivity contribution >= 4 is 11.6 Å². The van der Waals surface area contributed by atoms with Gasteiger partial charge in [-0.3, -0.25) is 4.79 Å². The van der Waals surface area contributed by atoms with Crippen LogP contribution in [0.15, 0.2) is 18.2 Å². The second-order valence-electron chi connectivity index (χ2n) is 5.25. The van der Waals surface area contributed by atoms with Crippen molar-refractivity contribution in [2.45, 2.75) is 32.8 Å². The van der Waals surface area contributed by atoms with Gasteiger partial charge in [-0.25, -0.2) is 0 Å². The molecular weight excluding hydrogens is 252 g/mol. The number of hydrogen-bond acceptors (Lipinski definition) is 3. The predicted octanol–water partition coefficient (Wildman–Crippen LogP) is 2.68. The van der Waals surface area contributed by atoms with Crippen LogP contribution >= 0.6 is 0 Å². The number of piperidine rings is 1. The topological polar surface area (TPSA) is 41.6 Å². The molecule has 0 saturated carbocycles. The van der Waals surface area contributed by atoms with E-state index >= 15 is 0 Å². The van der Waals surface area contributed by atoms with Gasteiger partial charge in [-0.15, -0.1) is 0 Å². The first-order valence-electron chi connectivity index (χ1n) is 7.35. The van der Waals surface area contributed by atoms with E-state index in [0.717, 1.165) is 49.4 Å². The van der Waals surface area contributed by atoms with E-state index in [1.165, 1.54) is 0 Å². The van der Waals surface area contributed by atoms with Crippen LogP contribution < -0.4 is 5.32 Å². The fourth-order valence-electron chi connectivity index (χ4n) is 2.68. The molecule has 1 aromatic rings. The van der Waals surface area contributed by atoms with Crippen LogP contribution in [0.2, 0.25) is 0 Å². The Hall–Kier alpha value is -1.55. The average molecular weight is 276 g/mol. The molecule has 0 bridgehead atoms. The molecule has 1 saturated heterocycles. The zero-order chi connectivity index (χ0) is 14.5. The zero-order valence-electron chi connectivity index (χ0n) is 12.6. The molecule has 1 N–H and O–H groups in total. The van der Waals surface area contributed by atoms with Crippen LogP contribution in [-0.4, -0.2) is 43.7 Å². The molecule has 1 fully saturated rings. The molecule has 1 amide bonds. The first kappa shape index (κ1) is 14.9. The summed E-state index contributed by atoms with van der Waals surface area (Å²) in [6.07, 6.45) is 2.17. The van der Waals surface area contributed by atoms with Crippen molar-refractivity contribution < 1.29 is 9.53 Å². The Balaban J connectivity index is 2.05. The molecule has 1 aromatic carbocycles. The lowest BCUT2D eigenvalue weighted by molar-refractivity contribution is 0.0146. The quantitative estimate of drug-likeness (QED) is 0.919. The van der Waals surface area contributed by atoms with Crippen LogP contribution in [0.5, 0.6) is 0 Å². The highest BCUT2D eigenvalue weighted by Crippen LogP contribution is 2.22. The Labute approximate surface area is 121 Å². The normalized spacial score (nSPS) is 16.2. The van der Waals surface area contributed by atoms with E-state index in [2.05, 4.69) is 5.32 Å². The van der Waals surface area contributed by atoms with E-state index in [1.807, 2.05) is 44.0 Å². The number of ether oxygens (including phenoxy) is 1. The number of carbonyl (C=O) groups is 1. The average Bonchev–Trinajstić information content (AvgIpc) is 2.47. The van der Waals surface area contributed by atoms with Crippen molar-refractivity contribution in [2.24, 2.45) is 0 Å². The summed E-state index contributed by atoms with van der Waals surface area (Å²) >= 11 is 0. The predicted molar refractivity (Wildman–Crippen MR) is 81.3 cm³/mol. The van der Waals surface area contributed by atoms with Gasteiger partial charge >= 0.3 is 0 Å². The van der Waals surface area contributed by atoms with Gasteiger partial charge in [0.2, 0.25) is 0 Å². The number of hydrogen-bond donors (Lipinski definition) is 1. The Morgan fingerprint density at radius 1 is 1.40 bits per heavy atom. The summed E-state index contributed by atoms with van der Waals surface area (Å²) in [4.78, 5) is 14.5. The van der Waals surface area contributed by atoms with E-state index in [1.54, 1.807) is 0 Å². The molecular formula is C16H24N2O2. The summed E-state index contributed by atoms with van der Waals surface area (Å²) < 4.78 is 5.63. The maximum atomic E-state index is 12.6. The van der Waals surface area contributed by atoms with Crippen molar-refractivity contribution in [3.63, 3.8) is 0 Å². The minimum atomic E-state index is 0.115. The summed E-state index contributed by atoms with van der Waals surface area (Å²) in [7, 11) is 1.85. The molecule has 2 rings (SSSR count). The number of rotatable bonds is 4. The number of nitrogens with one attached hydrogen (secondary N) is 1. The Kier molecular flexibility index (Phi) is 5.01. The molecule has 20 heavy (non-hydrogen) atoms. The molecule has 0 unspecified atom stereocenters. The molecule has 0 atom stereocenters. The second kappa shape index (κ2) is 6.75. The summed E-state index contributed by atoms with van der Waals surface area (Å²) in [6, 6.07) is 5.92. The summed E-state index contributed by atoms with van der Waals surface area (Å²) in [5.74, 6) is 0.115. The lowest BCUT2D eigenvalue weighted by atomic mass is 10.0. The fourth-order valence-corrected chi connectivity index (χ4v) is 2.68. The van der Waals surface area contributed by atoms with Gasteiger partial charge in [0.25, 0.3) is 5.91 Å². The van der Waals surface area contributed by atoms with Gasteiger partial charge in [-0.2, -0.15) is 0 Å². The van der Waals surface area contributed by atoms with Gasteiger partial charge in [0.1, 0.15) is 0 Å². The fraction of sp³-hybridized carbons (Fsp3) is 0.562. The van der Waals surface area contributed by atoms with Crippen LogP contribution in [0, 0.1) is 6.92 Å². The molecule has 0 radical (unpaired) electrons. The Morgan fingerprint density at radius 2 is 2.10 bits per heavy atom. The number of aryl methyl sites for hydroxylation is 1. The molecule has 4 heteroatoms. The minimum Gasteiger partial charge on any atom is -0.387 e. The molecule has 110 valence electrons. The SMILES string of the molecule is CCOC1CCN(C(=O)c2ccc(C)cc2NC)CC1. The standard InChI is InChI=1S/C16H24N2O2/c1-4-20-13-7-9-18(10-8-13)16(19)14-6-5-12(2)11-15(14)17-3/h5-6,11,13,17H,4,7-10H2,1-3H3. The van der Waals surface area contributed by atoms with Crippen molar-refractivity contribution in [1.82, 2.24) is 4.90 Å². The van der Waals surface area contributed by atoms with E-state index < -0.39 is 0 Å². The number of carbonyl (C=O) groups excluding carboxylic acids is 1. The highest BCUT2D eigenvalue weighted by molar-refractivity contribution is 5.99. The van der Waals surface area contributed by atoms with Crippen LogP contribution in [0.3, 0.4) is 0 Å². The van der Waals surface area contributed by atoms with Gasteiger partial charge < -0.3 is 15.0 Å².